The van der Waals surface area contributed by atoms with Crippen LogP contribution in [0.5, 0.6) is 0 Å². The van der Waals surface area contributed by atoms with E-state index < -0.39 is 5.91 Å². The van der Waals surface area contributed by atoms with Crippen molar-refractivity contribution < 1.29 is 4.79 Å². The van der Waals surface area contributed by atoms with Crippen LogP contribution in [0.25, 0.3) is 0 Å². The number of carbonyl (C=O) groups excluding carboxylic acids is 1. The van der Waals surface area contributed by atoms with Crippen LogP contribution in [0.3, 0.4) is 0 Å². The average Bonchev–Trinajstić information content (AvgIpc) is 2.33. The van der Waals surface area contributed by atoms with Gasteiger partial charge in [0.2, 0.25) is 5.91 Å². The van der Waals surface area contributed by atoms with Crippen LogP contribution >= 0.6 is 11.6 Å². The fourth-order valence-corrected chi connectivity index (χ4v) is 2.59. The van der Waals surface area contributed by atoms with Crippen molar-refractivity contribution in [1.82, 2.24) is 10.2 Å². The lowest BCUT2D eigenvalue weighted by Gasteiger charge is -2.43. The molecule has 1 fully saturated rings. The maximum Gasteiger partial charge on any atom is 0.248 e. The Labute approximate surface area is 118 Å². The fourth-order valence-electron chi connectivity index (χ4n) is 2.35. The summed E-state index contributed by atoms with van der Waals surface area (Å²) in [5.74, 6) is -0.448. The van der Waals surface area contributed by atoms with Crippen molar-refractivity contribution in [3.63, 3.8) is 0 Å². The van der Waals surface area contributed by atoms with E-state index in [1.807, 2.05) is 6.07 Å². The van der Waals surface area contributed by atoms with Crippen molar-refractivity contribution in [2.45, 2.75) is 25.9 Å². The molecule has 0 aromatic heterocycles. The van der Waals surface area contributed by atoms with Crippen LogP contribution in [0, 0.1) is 0 Å². The summed E-state index contributed by atoms with van der Waals surface area (Å²) < 4.78 is 0. The molecule has 0 aliphatic carbocycles. The van der Waals surface area contributed by atoms with E-state index in [0.717, 1.165) is 31.7 Å². The lowest BCUT2D eigenvalue weighted by atomic mass is 9.99. The molecule has 0 radical (unpaired) electrons. The number of amides is 1. The van der Waals surface area contributed by atoms with Crippen LogP contribution in [0.2, 0.25) is 5.02 Å². The second-order valence-corrected chi connectivity index (χ2v) is 5.99. The van der Waals surface area contributed by atoms with Crippen molar-refractivity contribution in [3.8, 4) is 0 Å². The zero-order chi connectivity index (χ0) is 14.0. The number of piperazine rings is 1. The summed E-state index contributed by atoms with van der Waals surface area (Å²) in [7, 11) is 0. The largest absolute Gasteiger partial charge is 0.366 e. The number of nitrogens with zero attached hydrogens (tertiary/aromatic N) is 1. The smallest absolute Gasteiger partial charge is 0.248 e. The SMILES string of the molecule is CC1(C)CNCCN1Cc1ccc(C(N)=O)cc1Cl. The zero-order valence-electron chi connectivity index (χ0n) is 11.4. The number of nitrogens with one attached hydrogen (secondary N) is 1. The molecule has 1 amide bonds. The molecule has 1 aromatic rings. The van der Waals surface area contributed by atoms with Crippen LogP contribution < -0.4 is 11.1 Å². The molecule has 0 saturated carbocycles. The highest BCUT2D eigenvalue weighted by molar-refractivity contribution is 6.31. The Balaban J connectivity index is 2.17. The molecular formula is C14H20ClN3O. The first-order chi connectivity index (χ1) is 8.90. The highest BCUT2D eigenvalue weighted by atomic mass is 35.5. The van der Waals surface area contributed by atoms with Gasteiger partial charge < -0.3 is 11.1 Å². The van der Waals surface area contributed by atoms with E-state index in [1.54, 1.807) is 12.1 Å². The van der Waals surface area contributed by atoms with E-state index in [4.69, 9.17) is 17.3 Å². The first-order valence-electron chi connectivity index (χ1n) is 6.44. The quantitative estimate of drug-likeness (QED) is 0.885. The van der Waals surface area contributed by atoms with Gasteiger partial charge in [0, 0.05) is 42.3 Å². The Morgan fingerprint density at radius 3 is 2.84 bits per heavy atom. The van der Waals surface area contributed by atoms with Gasteiger partial charge >= 0.3 is 0 Å². The molecule has 104 valence electrons. The molecule has 19 heavy (non-hydrogen) atoms. The molecule has 1 aliphatic heterocycles. The maximum atomic E-state index is 11.1. The zero-order valence-corrected chi connectivity index (χ0v) is 12.1. The second kappa shape index (κ2) is 5.49. The number of benzene rings is 1. The average molecular weight is 282 g/mol. The molecular weight excluding hydrogens is 262 g/mol. The Morgan fingerprint density at radius 1 is 1.53 bits per heavy atom. The monoisotopic (exact) mass is 281 g/mol. The van der Waals surface area contributed by atoms with Gasteiger partial charge in [0.15, 0.2) is 0 Å². The standard InChI is InChI=1S/C14H20ClN3O/c1-14(2)9-17-5-6-18(14)8-11-4-3-10(13(16)19)7-12(11)15/h3-4,7,17H,5-6,8-9H2,1-2H3,(H2,16,19). The molecule has 1 aromatic carbocycles. The van der Waals surface area contributed by atoms with Gasteiger partial charge in [0.25, 0.3) is 0 Å². The number of hydrogen-bond acceptors (Lipinski definition) is 3. The topological polar surface area (TPSA) is 58.4 Å². The molecule has 3 N–H and O–H groups in total. The Bertz CT molecular complexity index is 488. The predicted molar refractivity (Wildman–Crippen MR) is 77.3 cm³/mol. The van der Waals surface area contributed by atoms with Gasteiger partial charge in [-0.1, -0.05) is 17.7 Å². The molecule has 0 spiro atoms. The molecule has 2 rings (SSSR count). The first-order valence-corrected chi connectivity index (χ1v) is 6.82. The van der Waals surface area contributed by atoms with Crippen molar-refractivity contribution in [2.75, 3.05) is 19.6 Å². The van der Waals surface area contributed by atoms with Crippen LogP contribution in [0.4, 0.5) is 0 Å². The molecule has 0 bridgehead atoms. The minimum absolute atomic E-state index is 0.101. The molecule has 1 aliphatic rings. The van der Waals surface area contributed by atoms with E-state index in [-0.39, 0.29) is 5.54 Å². The highest BCUT2D eigenvalue weighted by Gasteiger charge is 2.29. The summed E-state index contributed by atoms with van der Waals surface area (Å²) >= 11 is 6.24. The van der Waals surface area contributed by atoms with Crippen molar-refractivity contribution in [1.29, 1.82) is 0 Å². The molecule has 0 atom stereocenters. The number of nitrogens with two attached hydrogens (primary N) is 1. The van der Waals surface area contributed by atoms with Crippen molar-refractivity contribution >= 4 is 17.5 Å². The molecule has 1 heterocycles. The molecule has 1 saturated heterocycles. The van der Waals surface area contributed by atoms with E-state index in [1.165, 1.54) is 0 Å². The van der Waals surface area contributed by atoms with Gasteiger partial charge in [-0.15, -0.1) is 0 Å². The number of carbonyl (C=O) groups is 1. The second-order valence-electron chi connectivity index (χ2n) is 5.58. The van der Waals surface area contributed by atoms with E-state index in [9.17, 15) is 4.79 Å². The predicted octanol–water partition coefficient (Wildman–Crippen LogP) is 1.62. The number of hydrogen-bond donors (Lipinski definition) is 2. The van der Waals surface area contributed by atoms with Gasteiger partial charge in [0.1, 0.15) is 0 Å². The summed E-state index contributed by atoms with van der Waals surface area (Å²) in [6, 6.07) is 5.27. The maximum absolute atomic E-state index is 11.1. The van der Waals surface area contributed by atoms with Gasteiger partial charge in [-0.05, 0) is 31.5 Å². The summed E-state index contributed by atoms with van der Waals surface area (Å²) in [6.07, 6.45) is 0. The minimum Gasteiger partial charge on any atom is -0.366 e. The number of halogens is 1. The van der Waals surface area contributed by atoms with Crippen LogP contribution in [0.1, 0.15) is 29.8 Å². The normalized spacial score (nSPS) is 19.3. The molecule has 0 unspecified atom stereocenters. The van der Waals surface area contributed by atoms with Gasteiger partial charge in [0.05, 0.1) is 0 Å². The molecule has 5 heteroatoms. The van der Waals surface area contributed by atoms with Gasteiger partial charge in [-0.3, -0.25) is 9.69 Å². The van der Waals surface area contributed by atoms with Gasteiger partial charge in [-0.25, -0.2) is 0 Å². The van der Waals surface area contributed by atoms with Gasteiger partial charge in [-0.2, -0.15) is 0 Å². The summed E-state index contributed by atoms with van der Waals surface area (Å²) in [5, 5.41) is 4.00. The Hall–Kier alpha value is -1.10. The number of rotatable bonds is 3. The van der Waals surface area contributed by atoms with Crippen LogP contribution in [-0.4, -0.2) is 36.0 Å². The van der Waals surface area contributed by atoms with Crippen molar-refractivity contribution in [3.05, 3.63) is 34.3 Å². The van der Waals surface area contributed by atoms with Crippen LogP contribution in [-0.2, 0) is 6.54 Å². The fraction of sp³-hybridized carbons (Fsp3) is 0.500. The lowest BCUT2D eigenvalue weighted by Crippen LogP contribution is -2.57. The van der Waals surface area contributed by atoms with Crippen LogP contribution in [0.15, 0.2) is 18.2 Å². The minimum atomic E-state index is -0.448. The third-order valence-electron chi connectivity index (χ3n) is 3.67. The third kappa shape index (κ3) is 3.26. The molecule has 4 nitrogen and oxygen atoms in total. The highest BCUT2D eigenvalue weighted by Crippen LogP contribution is 2.24. The summed E-state index contributed by atoms with van der Waals surface area (Å²) in [5.41, 5.74) is 6.83. The third-order valence-corrected chi connectivity index (χ3v) is 4.02. The lowest BCUT2D eigenvalue weighted by molar-refractivity contribution is 0.0827. The Kier molecular flexibility index (Phi) is 4.13. The van der Waals surface area contributed by atoms with Crippen molar-refractivity contribution in [2.24, 2.45) is 5.73 Å². The summed E-state index contributed by atoms with van der Waals surface area (Å²) in [6.45, 7) is 8.15. The van der Waals surface area contributed by atoms with E-state index >= 15 is 0 Å². The summed E-state index contributed by atoms with van der Waals surface area (Å²) in [4.78, 5) is 13.5. The van der Waals surface area contributed by atoms with E-state index in [2.05, 4.69) is 24.1 Å². The Morgan fingerprint density at radius 2 is 2.26 bits per heavy atom. The first kappa shape index (κ1) is 14.3. The number of primary amides is 1. The van der Waals surface area contributed by atoms with E-state index in [0.29, 0.717) is 10.6 Å².